The van der Waals surface area contributed by atoms with Gasteiger partial charge in [-0.1, -0.05) is 13.8 Å². The van der Waals surface area contributed by atoms with Gasteiger partial charge in [-0.25, -0.2) is 9.67 Å². The van der Waals surface area contributed by atoms with Gasteiger partial charge in [-0.3, -0.25) is 9.59 Å². The third-order valence-electron chi connectivity index (χ3n) is 2.85. The van der Waals surface area contributed by atoms with Gasteiger partial charge >= 0.3 is 5.97 Å². The van der Waals surface area contributed by atoms with Gasteiger partial charge in [0.15, 0.2) is 0 Å². The third-order valence-corrected chi connectivity index (χ3v) is 3.29. The van der Waals surface area contributed by atoms with Crippen LogP contribution in [0.4, 0.5) is 0 Å². The summed E-state index contributed by atoms with van der Waals surface area (Å²) >= 11 is 3.29. The number of ether oxygens (including phenoxy) is 1. The number of nitrogens with zero attached hydrogens (tertiary/aromatic N) is 3. The van der Waals surface area contributed by atoms with Crippen molar-refractivity contribution in [3.8, 4) is 0 Å². The second-order valence-corrected chi connectivity index (χ2v) is 5.42. The molecule has 0 fully saturated rings. The molecule has 0 spiro atoms. The Bertz CT molecular complexity index is 725. The van der Waals surface area contributed by atoms with Gasteiger partial charge < -0.3 is 4.74 Å². The summed E-state index contributed by atoms with van der Waals surface area (Å²) in [6, 6.07) is 3.37. The molecule has 2 rings (SSSR count). The van der Waals surface area contributed by atoms with Crippen molar-refractivity contribution < 1.29 is 9.53 Å². The molecule has 0 aromatic carbocycles. The summed E-state index contributed by atoms with van der Waals surface area (Å²) in [6.07, 6.45) is 0. The first-order valence-electron chi connectivity index (χ1n) is 6.08. The van der Waals surface area contributed by atoms with Crippen molar-refractivity contribution in [1.82, 2.24) is 14.8 Å². The Morgan fingerprint density at radius 1 is 1.45 bits per heavy atom. The Hall–Kier alpha value is -1.76. The Balaban J connectivity index is 2.73. The molecule has 0 saturated heterocycles. The van der Waals surface area contributed by atoms with Crippen molar-refractivity contribution in [3.05, 3.63) is 32.8 Å². The lowest BCUT2D eigenvalue weighted by molar-refractivity contribution is -0.141. The van der Waals surface area contributed by atoms with E-state index in [0.717, 1.165) is 4.68 Å². The van der Waals surface area contributed by atoms with Crippen LogP contribution < -0.4 is 5.56 Å². The van der Waals surface area contributed by atoms with Crippen molar-refractivity contribution in [1.29, 1.82) is 0 Å². The summed E-state index contributed by atoms with van der Waals surface area (Å²) in [5.74, 6) is -0.442. The van der Waals surface area contributed by atoms with Gasteiger partial charge in [0.1, 0.15) is 16.7 Å². The Kier molecular flexibility index (Phi) is 4.17. The average molecular weight is 340 g/mol. The minimum Gasteiger partial charge on any atom is -0.468 e. The zero-order valence-corrected chi connectivity index (χ0v) is 13.0. The number of fused-ring (bicyclic) bond motifs is 1. The number of rotatable bonds is 3. The molecule has 0 atom stereocenters. The molecule has 0 aliphatic carbocycles. The molecule has 0 radical (unpaired) electrons. The van der Waals surface area contributed by atoms with Crippen LogP contribution >= 0.6 is 15.9 Å². The fraction of sp³-hybridized carbons (Fsp3) is 0.385. The van der Waals surface area contributed by atoms with Crippen LogP contribution in [-0.2, 0) is 16.1 Å². The second kappa shape index (κ2) is 5.70. The number of esters is 1. The summed E-state index contributed by atoms with van der Waals surface area (Å²) in [5.41, 5.74) is 0.875. The molecular weight excluding hydrogens is 326 g/mol. The molecule has 0 aliphatic heterocycles. The smallest absolute Gasteiger partial charge is 0.327 e. The van der Waals surface area contributed by atoms with E-state index in [4.69, 9.17) is 0 Å². The summed E-state index contributed by atoms with van der Waals surface area (Å²) in [6.45, 7) is 3.70. The molecule has 0 amide bonds. The number of carbonyl (C=O) groups excluding carboxylic acids is 1. The molecule has 7 heteroatoms. The highest BCUT2D eigenvalue weighted by molar-refractivity contribution is 9.10. The molecule has 0 unspecified atom stereocenters. The number of aromatic nitrogens is 3. The fourth-order valence-corrected chi connectivity index (χ4v) is 2.16. The Morgan fingerprint density at radius 3 is 2.75 bits per heavy atom. The van der Waals surface area contributed by atoms with E-state index in [2.05, 4.69) is 30.7 Å². The predicted molar refractivity (Wildman–Crippen MR) is 77.6 cm³/mol. The van der Waals surface area contributed by atoms with E-state index in [9.17, 15) is 9.59 Å². The zero-order chi connectivity index (χ0) is 14.9. The molecule has 0 aliphatic rings. The first-order valence-corrected chi connectivity index (χ1v) is 6.87. The number of halogens is 1. The molecule has 106 valence electrons. The van der Waals surface area contributed by atoms with Crippen LogP contribution in [0.2, 0.25) is 0 Å². The monoisotopic (exact) mass is 339 g/mol. The summed E-state index contributed by atoms with van der Waals surface area (Å²) in [7, 11) is 1.27. The van der Waals surface area contributed by atoms with E-state index < -0.39 is 5.97 Å². The summed E-state index contributed by atoms with van der Waals surface area (Å²) in [5, 5.41) is 4.69. The standard InChI is InChI=1S/C13H14BrN3O3/c1-7(2)11-12-8(4-5-9(14)15-12)13(19)17(16-11)6-10(18)20-3/h4-5,7H,6H2,1-3H3. The number of carbonyl (C=O) groups is 1. The lowest BCUT2D eigenvalue weighted by atomic mass is 10.1. The van der Waals surface area contributed by atoms with Crippen LogP contribution in [0.3, 0.4) is 0 Å². The quantitative estimate of drug-likeness (QED) is 0.630. The molecule has 2 heterocycles. The highest BCUT2D eigenvalue weighted by atomic mass is 79.9. The van der Waals surface area contributed by atoms with Crippen molar-refractivity contribution >= 4 is 32.8 Å². The lowest BCUT2D eigenvalue weighted by Gasteiger charge is -2.12. The maximum atomic E-state index is 12.3. The zero-order valence-electron chi connectivity index (χ0n) is 11.4. The molecule has 0 bridgehead atoms. The SMILES string of the molecule is COC(=O)Cn1nc(C(C)C)c2nc(Br)ccc2c1=O. The number of pyridine rings is 1. The van der Waals surface area contributed by atoms with Gasteiger partial charge in [-0.2, -0.15) is 5.10 Å². The van der Waals surface area contributed by atoms with Gasteiger partial charge in [0.2, 0.25) is 0 Å². The van der Waals surface area contributed by atoms with Crippen LogP contribution in [0.15, 0.2) is 21.5 Å². The van der Waals surface area contributed by atoms with Crippen LogP contribution in [0.1, 0.15) is 25.5 Å². The van der Waals surface area contributed by atoms with Crippen molar-refractivity contribution in [2.24, 2.45) is 0 Å². The highest BCUT2D eigenvalue weighted by Crippen LogP contribution is 2.21. The largest absolute Gasteiger partial charge is 0.468 e. The number of hydrogen-bond donors (Lipinski definition) is 0. The normalized spacial score (nSPS) is 11.1. The third kappa shape index (κ3) is 2.72. The van der Waals surface area contributed by atoms with Crippen LogP contribution in [0.25, 0.3) is 10.9 Å². The molecule has 0 saturated carbocycles. The molecule has 20 heavy (non-hydrogen) atoms. The van der Waals surface area contributed by atoms with Gasteiger partial charge in [0, 0.05) is 0 Å². The van der Waals surface area contributed by atoms with Crippen molar-refractivity contribution in [2.75, 3.05) is 7.11 Å². The fourth-order valence-electron chi connectivity index (χ4n) is 1.85. The molecular formula is C13H14BrN3O3. The first kappa shape index (κ1) is 14.6. The van der Waals surface area contributed by atoms with Gasteiger partial charge in [-0.15, -0.1) is 0 Å². The van der Waals surface area contributed by atoms with Crippen LogP contribution in [0.5, 0.6) is 0 Å². The minimum absolute atomic E-state index is 0.0730. The van der Waals surface area contributed by atoms with Gasteiger partial charge in [-0.05, 0) is 34.0 Å². The van der Waals surface area contributed by atoms with E-state index in [-0.39, 0.29) is 18.0 Å². The maximum absolute atomic E-state index is 12.3. The van der Waals surface area contributed by atoms with Gasteiger partial charge in [0.25, 0.3) is 5.56 Å². The first-order chi connectivity index (χ1) is 9.43. The Labute approximate surface area is 123 Å². The highest BCUT2D eigenvalue weighted by Gasteiger charge is 2.16. The van der Waals surface area contributed by atoms with Crippen LogP contribution in [0, 0.1) is 0 Å². The number of hydrogen-bond acceptors (Lipinski definition) is 5. The van der Waals surface area contributed by atoms with Crippen molar-refractivity contribution in [2.45, 2.75) is 26.3 Å². The summed E-state index contributed by atoms with van der Waals surface area (Å²) in [4.78, 5) is 28.0. The molecule has 2 aromatic rings. The van der Waals surface area contributed by atoms with Gasteiger partial charge in [0.05, 0.1) is 18.2 Å². The second-order valence-electron chi connectivity index (χ2n) is 4.61. The minimum atomic E-state index is -0.515. The van der Waals surface area contributed by atoms with Crippen LogP contribution in [-0.4, -0.2) is 27.8 Å². The van der Waals surface area contributed by atoms with E-state index in [0.29, 0.717) is 21.2 Å². The average Bonchev–Trinajstić information content (AvgIpc) is 2.41. The molecule has 6 nitrogen and oxygen atoms in total. The number of methoxy groups -OCH3 is 1. The topological polar surface area (TPSA) is 74.1 Å². The molecule has 2 aromatic heterocycles. The van der Waals surface area contributed by atoms with E-state index in [1.54, 1.807) is 12.1 Å². The predicted octanol–water partition coefficient (Wildman–Crippen LogP) is 1.85. The lowest BCUT2D eigenvalue weighted by Crippen LogP contribution is -2.29. The van der Waals surface area contributed by atoms with E-state index in [1.165, 1.54) is 7.11 Å². The summed E-state index contributed by atoms with van der Waals surface area (Å²) < 4.78 is 6.34. The Morgan fingerprint density at radius 2 is 2.15 bits per heavy atom. The molecule has 0 N–H and O–H groups in total. The van der Waals surface area contributed by atoms with Crippen molar-refractivity contribution in [3.63, 3.8) is 0 Å². The maximum Gasteiger partial charge on any atom is 0.327 e. The van der Waals surface area contributed by atoms with E-state index in [1.807, 2.05) is 13.8 Å². The van der Waals surface area contributed by atoms with E-state index >= 15 is 0 Å².